The average molecular weight is 358 g/mol. The van der Waals surface area contributed by atoms with Crippen LogP contribution in [0.4, 0.5) is 0 Å². The van der Waals surface area contributed by atoms with Gasteiger partial charge in [0.2, 0.25) is 5.91 Å². The molecule has 142 valence electrons. The maximum absolute atomic E-state index is 13.0. The van der Waals surface area contributed by atoms with Crippen LogP contribution in [0.5, 0.6) is 0 Å². The van der Waals surface area contributed by atoms with E-state index in [0.29, 0.717) is 6.42 Å². The molecule has 2 aliphatic heterocycles. The Bertz CT molecular complexity index is 597. The second kappa shape index (κ2) is 9.17. The summed E-state index contributed by atoms with van der Waals surface area (Å²) in [6, 6.07) is 10.6. The first-order valence-corrected chi connectivity index (χ1v) is 9.92. The lowest BCUT2D eigenvalue weighted by molar-refractivity contribution is -0.143. The third-order valence-corrected chi connectivity index (χ3v) is 5.79. The Kier molecular flexibility index (Phi) is 6.67. The van der Waals surface area contributed by atoms with Gasteiger partial charge in [0.25, 0.3) is 0 Å². The SMILES string of the molecule is O=C(O)CCC1CCCCN1C(=O)C1CCN(Cc2ccccc2)CC1. The van der Waals surface area contributed by atoms with Gasteiger partial charge in [0.1, 0.15) is 0 Å². The predicted octanol–water partition coefficient (Wildman–Crippen LogP) is 3.14. The standard InChI is InChI=1S/C21H30N2O3/c24-20(25)10-9-19-8-4-5-13-23(19)21(26)18-11-14-22(15-12-18)16-17-6-2-1-3-7-17/h1-3,6-7,18-19H,4-5,8-16H2,(H,24,25). The number of nitrogens with zero attached hydrogens (tertiary/aromatic N) is 2. The summed E-state index contributed by atoms with van der Waals surface area (Å²) >= 11 is 0. The number of hydrogen-bond acceptors (Lipinski definition) is 3. The molecule has 5 heteroatoms. The first kappa shape index (κ1) is 18.9. The number of carboxylic acids is 1. The van der Waals surface area contributed by atoms with Gasteiger partial charge >= 0.3 is 5.97 Å². The second-order valence-electron chi connectivity index (χ2n) is 7.65. The summed E-state index contributed by atoms with van der Waals surface area (Å²) in [6.45, 7) is 3.66. The number of carboxylic acid groups (broad SMARTS) is 1. The number of carbonyl (C=O) groups is 2. The molecular weight excluding hydrogens is 328 g/mol. The molecule has 0 aliphatic carbocycles. The summed E-state index contributed by atoms with van der Waals surface area (Å²) in [4.78, 5) is 28.4. The average Bonchev–Trinajstić information content (AvgIpc) is 2.67. The van der Waals surface area contributed by atoms with E-state index >= 15 is 0 Å². The van der Waals surface area contributed by atoms with Gasteiger partial charge in [-0.1, -0.05) is 30.3 Å². The molecule has 5 nitrogen and oxygen atoms in total. The van der Waals surface area contributed by atoms with Crippen LogP contribution < -0.4 is 0 Å². The van der Waals surface area contributed by atoms with Crippen LogP contribution in [0.15, 0.2) is 30.3 Å². The summed E-state index contributed by atoms with van der Waals surface area (Å²) in [5.74, 6) is -0.399. The molecule has 0 saturated carbocycles. The number of aliphatic carboxylic acids is 1. The third-order valence-electron chi connectivity index (χ3n) is 5.79. The van der Waals surface area contributed by atoms with Gasteiger partial charge in [-0.05, 0) is 57.2 Å². The zero-order valence-corrected chi connectivity index (χ0v) is 15.5. The zero-order valence-electron chi connectivity index (χ0n) is 15.5. The van der Waals surface area contributed by atoms with Crippen LogP contribution in [-0.4, -0.2) is 52.5 Å². The number of piperidine rings is 2. The normalized spacial score (nSPS) is 22.3. The summed E-state index contributed by atoms with van der Waals surface area (Å²) in [5.41, 5.74) is 1.32. The summed E-state index contributed by atoms with van der Waals surface area (Å²) in [5, 5.41) is 8.96. The van der Waals surface area contributed by atoms with E-state index in [1.165, 1.54) is 5.56 Å². The van der Waals surface area contributed by atoms with Crippen LogP contribution in [0.3, 0.4) is 0 Å². The number of hydrogen-bond donors (Lipinski definition) is 1. The fraction of sp³-hybridized carbons (Fsp3) is 0.619. The minimum atomic E-state index is -0.766. The maximum Gasteiger partial charge on any atom is 0.303 e. The number of benzene rings is 1. The lowest BCUT2D eigenvalue weighted by Gasteiger charge is -2.40. The van der Waals surface area contributed by atoms with E-state index in [2.05, 4.69) is 29.2 Å². The van der Waals surface area contributed by atoms with Gasteiger partial charge in [-0.2, -0.15) is 0 Å². The van der Waals surface area contributed by atoms with Crippen molar-refractivity contribution in [2.45, 2.75) is 57.5 Å². The maximum atomic E-state index is 13.0. The minimum Gasteiger partial charge on any atom is -0.481 e. The molecular formula is C21H30N2O3. The van der Waals surface area contributed by atoms with E-state index in [4.69, 9.17) is 5.11 Å². The summed E-state index contributed by atoms with van der Waals surface area (Å²) in [6.07, 6.45) is 5.66. The van der Waals surface area contributed by atoms with Crippen LogP contribution in [-0.2, 0) is 16.1 Å². The molecule has 1 unspecified atom stereocenters. The monoisotopic (exact) mass is 358 g/mol. The molecule has 2 aliphatic rings. The number of carbonyl (C=O) groups excluding carboxylic acids is 1. The molecule has 1 N–H and O–H groups in total. The Hall–Kier alpha value is -1.88. The zero-order chi connectivity index (χ0) is 18.4. The largest absolute Gasteiger partial charge is 0.481 e. The highest BCUT2D eigenvalue weighted by atomic mass is 16.4. The van der Waals surface area contributed by atoms with Crippen LogP contribution in [0.1, 0.15) is 50.5 Å². The first-order chi connectivity index (χ1) is 12.6. The Morgan fingerprint density at radius 1 is 1.00 bits per heavy atom. The van der Waals surface area contributed by atoms with Crippen molar-refractivity contribution in [1.82, 2.24) is 9.80 Å². The second-order valence-corrected chi connectivity index (χ2v) is 7.65. The molecule has 2 fully saturated rings. The smallest absolute Gasteiger partial charge is 0.303 e. The van der Waals surface area contributed by atoms with E-state index < -0.39 is 5.97 Å². The van der Waals surface area contributed by atoms with Gasteiger partial charge < -0.3 is 10.0 Å². The highest BCUT2D eigenvalue weighted by molar-refractivity contribution is 5.79. The van der Waals surface area contributed by atoms with Crippen molar-refractivity contribution >= 4 is 11.9 Å². The Morgan fingerprint density at radius 3 is 2.42 bits per heavy atom. The molecule has 26 heavy (non-hydrogen) atoms. The van der Waals surface area contributed by atoms with Gasteiger partial charge in [0.15, 0.2) is 0 Å². The van der Waals surface area contributed by atoms with Crippen molar-refractivity contribution in [3.63, 3.8) is 0 Å². The molecule has 0 radical (unpaired) electrons. The molecule has 1 aromatic carbocycles. The van der Waals surface area contributed by atoms with Crippen LogP contribution in [0.25, 0.3) is 0 Å². The molecule has 1 amide bonds. The van der Waals surface area contributed by atoms with Gasteiger partial charge in [-0.25, -0.2) is 0 Å². The van der Waals surface area contributed by atoms with Gasteiger partial charge in [0, 0.05) is 31.5 Å². The van der Waals surface area contributed by atoms with Crippen LogP contribution in [0, 0.1) is 5.92 Å². The minimum absolute atomic E-state index is 0.104. The number of likely N-dealkylation sites (tertiary alicyclic amines) is 2. The fourth-order valence-electron chi connectivity index (χ4n) is 4.30. The molecule has 0 bridgehead atoms. The first-order valence-electron chi connectivity index (χ1n) is 9.92. The van der Waals surface area contributed by atoms with Crippen molar-refractivity contribution in [3.8, 4) is 0 Å². The lowest BCUT2D eigenvalue weighted by Crippen LogP contribution is -2.48. The van der Waals surface area contributed by atoms with Crippen molar-refractivity contribution < 1.29 is 14.7 Å². The van der Waals surface area contributed by atoms with E-state index in [9.17, 15) is 9.59 Å². The van der Waals surface area contributed by atoms with E-state index in [1.807, 2.05) is 11.0 Å². The highest BCUT2D eigenvalue weighted by Gasteiger charge is 2.33. The summed E-state index contributed by atoms with van der Waals surface area (Å²) < 4.78 is 0. The Balaban J connectivity index is 1.51. The topological polar surface area (TPSA) is 60.9 Å². The summed E-state index contributed by atoms with van der Waals surface area (Å²) in [7, 11) is 0. The van der Waals surface area contributed by atoms with E-state index in [0.717, 1.165) is 58.3 Å². The molecule has 2 heterocycles. The van der Waals surface area contributed by atoms with Crippen molar-refractivity contribution in [2.75, 3.05) is 19.6 Å². The molecule has 1 aromatic rings. The number of amides is 1. The van der Waals surface area contributed by atoms with Crippen LogP contribution >= 0.6 is 0 Å². The Morgan fingerprint density at radius 2 is 1.73 bits per heavy atom. The van der Waals surface area contributed by atoms with Gasteiger partial charge in [0.05, 0.1) is 0 Å². The molecule has 0 aromatic heterocycles. The van der Waals surface area contributed by atoms with Crippen LogP contribution in [0.2, 0.25) is 0 Å². The number of rotatable bonds is 6. The lowest BCUT2D eigenvalue weighted by atomic mass is 9.91. The molecule has 2 saturated heterocycles. The fourth-order valence-corrected chi connectivity index (χ4v) is 4.30. The third kappa shape index (κ3) is 5.07. The van der Waals surface area contributed by atoms with Gasteiger partial charge in [-0.3, -0.25) is 14.5 Å². The van der Waals surface area contributed by atoms with Crippen molar-refractivity contribution in [3.05, 3.63) is 35.9 Å². The van der Waals surface area contributed by atoms with E-state index in [1.54, 1.807) is 0 Å². The predicted molar refractivity (Wildman–Crippen MR) is 101 cm³/mol. The molecule has 0 spiro atoms. The quantitative estimate of drug-likeness (QED) is 0.849. The van der Waals surface area contributed by atoms with E-state index in [-0.39, 0.29) is 24.3 Å². The van der Waals surface area contributed by atoms with Gasteiger partial charge in [-0.15, -0.1) is 0 Å². The molecule has 3 rings (SSSR count). The highest BCUT2D eigenvalue weighted by Crippen LogP contribution is 2.27. The van der Waals surface area contributed by atoms with Crippen molar-refractivity contribution in [1.29, 1.82) is 0 Å². The van der Waals surface area contributed by atoms with Crippen molar-refractivity contribution in [2.24, 2.45) is 5.92 Å². The Labute approximate surface area is 156 Å². The molecule has 1 atom stereocenters.